The summed E-state index contributed by atoms with van der Waals surface area (Å²) in [4.78, 5) is 18.7. The minimum absolute atomic E-state index is 0.331. The van der Waals surface area contributed by atoms with Gasteiger partial charge < -0.3 is 4.74 Å². The van der Waals surface area contributed by atoms with Gasteiger partial charge in [0.1, 0.15) is 10.6 Å². The van der Waals surface area contributed by atoms with Gasteiger partial charge in [-0.15, -0.1) is 11.3 Å². The number of nitrogens with zero attached hydrogens (tertiary/aromatic N) is 2. The zero-order valence-electron chi connectivity index (χ0n) is 16.4. The lowest BCUT2D eigenvalue weighted by molar-refractivity contribution is 0.0582. The Labute approximate surface area is 160 Å². The smallest absolute Gasteiger partial charge is 0.414 e. The number of anilines is 1. The van der Waals surface area contributed by atoms with Crippen molar-refractivity contribution in [3.05, 3.63) is 45.9 Å². The van der Waals surface area contributed by atoms with E-state index < -0.39 is 5.60 Å². The van der Waals surface area contributed by atoms with Crippen LogP contribution in [0, 0.1) is 0 Å². The summed E-state index contributed by atoms with van der Waals surface area (Å²) in [6.45, 7) is 12.4. The molecule has 0 aliphatic carbocycles. The number of hydrogen-bond donors (Lipinski definition) is 0. The van der Waals surface area contributed by atoms with Gasteiger partial charge in [0.05, 0.1) is 5.69 Å². The van der Waals surface area contributed by atoms with Gasteiger partial charge in [-0.2, -0.15) is 0 Å². The number of hydrogen-bond acceptors (Lipinski definition) is 4. The first-order chi connectivity index (χ1) is 12.2. The third-order valence-electron chi connectivity index (χ3n) is 3.66. The first-order valence-corrected chi connectivity index (χ1v) is 9.81. The average molecular weight is 373 g/mol. The Balaban J connectivity index is 2.17. The third-order valence-corrected chi connectivity index (χ3v) is 4.49. The van der Waals surface area contributed by atoms with Crippen molar-refractivity contribution in [3.63, 3.8) is 0 Å². The summed E-state index contributed by atoms with van der Waals surface area (Å²) in [7, 11) is 0. The number of carbonyl (C=O) groups is 1. The Morgan fingerprint density at radius 1 is 1.31 bits per heavy atom. The fourth-order valence-corrected chi connectivity index (χ4v) is 3.21. The number of ether oxygens (including phenoxy) is 1. The number of amides is 1. The molecule has 0 saturated heterocycles. The standard InChI is InChI=1S/C21H28N2O2S/c1-7-23(20(24)25-21(4,5)6)17-10-8-9-16(13-17)11-12-19-22-18(14-26-19)15(2)3/h8-15H,7H2,1-6H3. The van der Waals surface area contributed by atoms with E-state index in [1.54, 1.807) is 16.2 Å². The van der Waals surface area contributed by atoms with Crippen molar-refractivity contribution in [1.29, 1.82) is 0 Å². The van der Waals surface area contributed by atoms with Crippen molar-refractivity contribution in [3.8, 4) is 0 Å². The molecule has 4 nitrogen and oxygen atoms in total. The molecule has 0 aliphatic rings. The van der Waals surface area contributed by atoms with E-state index in [0.29, 0.717) is 12.5 Å². The predicted octanol–water partition coefficient (Wildman–Crippen LogP) is 6.20. The normalized spacial score (nSPS) is 12.0. The molecule has 0 saturated carbocycles. The van der Waals surface area contributed by atoms with E-state index in [1.807, 2.05) is 64.1 Å². The topological polar surface area (TPSA) is 42.4 Å². The molecule has 26 heavy (non-hydrogen) atoms. The maximum Gasteiger partial charge on any atom is 0.414 e. The lowest BCUT2D eigenvalue weighted by atomic mass is 10.1. The summed E-state index contributed by atoms with van der Waals surface area (Å²) in [6, 6.07) is 7.87. The van der Waals surface area contributed by atoms with Crippen LogP contribution in [0.1, 0.15) is 63.7 Å². The summed E-state index contributed by atoms with van der Waals surface area (Å²) >= 11 is 1.64. The van der Waals surface area contributed by atoms with Crippen LogP contribution in [-0.2, 0) is 4.74 Å². The second-order valence-electron chi connectivity index (χ2n) is 7.42. The molecular formula is C21H28N2O2S. The first-order valence-electron chi connectivity index (χ1n) is 8.93. The molecule has 0 radical (unpaired) electrons. The molecular weight excluding hydrogens is 344 g/mol. The van der Waals surface area contributed by atoms with Crippen molar-refractivity contribution in [2.75, 3.05) is 11.4 Å². The fourth-order valence-electron chi connectivity index (χ4n) is 2.34. The molecule has 0 spiro atoms. The Kier molecular flexibility index (Phi) is 6.59. The Morgan fingerprint density at radius 2 is 2.04 bits per heavy atom. The highest BCUT2D eigenvalue weighted by atomic mass is 32.1. The van der Waals surface area contributed by atoms with Gasteiger partial charge in [-0.25, -0.2) is 9.78 Å². The van der Waals surface area contributed by atoms with Gasteiger partial charge in [0.2, 0.25) is 0 Å². The van der Waals surface area contributed by atoms with Crippen LogP contribution >= 0.6 is 11.3 Å². The lowest BCUT2D eigenvalue weighted by Crippen LogP contribution is -2.36. The van der Waals surface area contributed by atoms with Gasteiger partial charge in [-0.1, -0.05) is 32.1 Å². The zero-order valence-corrected chi connectivity index (χ0v) is 17.3. The molecule has 1 aromatic heterocycles. The largest absolute Gasteiger partial charge is 0.443 e. The van der Waals surface area contributed by atoms with Crippen molar-refractivity contribution >= 4 is 35.3 Å². The lowest BCUT2D eigenvalue weighted by Gasteiger charge is -2.26. The van der Waals surface area contributed by atoms with Crippen LogP contribution in [0.3, 0.4) is 0 Å². The highest BCUT2D eigenvalue weighted by Gasteiger charge is 2.22. The Bertz CT molecular complexity index is 772. The average Bonchev–Trinajstić information content (AvgIpc) is 3.01. The quantitative estimate of drug-likeness (QED) is 0.627. The zero-order chi connectivity index (χ0) is 19.3. The summed E-state index contributed by atoms with van der Waals surface area (Å²) in [6.07, 6.45) is 3.71. The van der Waals surface area contributed by atoms with E-state index in [0.717, 1.165) is 22.0 Å². The number of benzene rings is 1. The van der Waals surface area contributed by atoms with E-state index >= 15 is 0 Å². The molecule has 0 fully saturated rings. The Hall–Kier alpha value is -2.14. The molecule has 0 unspecified atom stereocenters. The molecule has 0 aliphatic heterocycles. The molecule has 2 rings (SSSR count). The van der Waals surface area contributed by atoms with E-state index in [1.165, 1.54) is 0 Å². The van der Waals surface area contributed by atoms with Gasteiger partial charge in [0.15, 0.2) is 0 Å². The second kappa shape index (κ2) is 8.49. The molecule has 2 aromatic rings. The number of rotatable bonds is 5. The van der Waals surface area contributed by atoms with Gasteiger partial charge in [-0.05, 0) is 57.4 Å². The summed E-state index contributed by atoms with van der Waals surface area (Å²) in [5.74, 6) is 0.434. The van der Waals surface area contributed by atoms with Crippen LogP contribution in [0.5, 0.6) is 0 Å². The van der Waals surface area contributed by atoms with E-state index in [9.17, 15) is 4.79 Å². The number of carbonyl (C=O) groups excluding carboxylic acids is 1. The molecule has 0 N–H and O–H groups in total. The SMILES string of the molecule is CCN(C(=O)OC(C)(C)C)c1cccc(C=Cc2nc(C(C)C)cs2)c1. The monoisotopic (exact) mass is 372 g/mol. The van der Waals surface area contributed by atoms with Gasteiger partial charge in [0, 0.05) is 17.6 Å². The van der Waals surface area contributed by atoms with E-state index in [4.69, 9.17) is 4.74 Å². The molecule has 5 heteroatoms. The number of thiazole rings is 1. The first kappa shape index (κ1) is 20.2. The van der Waals surface area contributed by atoms with Crippen LogP contribution in [-0.4, -0.2) is 23.2 Å². The van der Waals surface area contributed by atoms with Gasteiger partial charge >= 0.3 is 6.09 Å². The van der Waals surface area contributed by atoms with Crippen molar-refractivity contribution in [2.45, 2.75) is 53.1 Å². The van der Waals surface area contributed by atoms with Crippen LogP contribution in [0.2, 0.25) is 0 Å². The third kappa shape index (κ3) is 5.70. The van der Waals surface area contributed by atoms with E-state index in [2.05, 4.69) is 24.2 Å². The molecule has 1 amide bonds. The van der Waals surface area contributed by atoms with Crippen LogP contribution < -0.4 is 4.90 Å². The Morgan fingerprint density at radius 3 is 2.62 bits per heavy atom. The van der Waals surface area contributed by atoms with E-state index in [-0.39, 0.29) is 6.09 Å². The van der Waals surface area contributed by atoms with Gasteiger partial charge in [-0.3, -0.25) is 4.90 Å². The van der Waals surface area contributed by atoms with Crippen molar-refractivity contribution in [1.82, 2.24) is 4.98 Å². The summed E-state index contributed by atoms with van der Waals surface area (Å²) in [5.41, 5.74) is 2.45. The minimum atomic E-state index is -0.513. The van der Waals surface area contributed by atoms with Gasteiger partial charge in [0.25, 0.3) is 0 Å². The molecule has 1 heterocycles. The summed E-state index contributed by atoms with van der Waals surface area (Å²) < 4.78 is 5.50. The molecule has 140 valence electrons. The minimum Gasteiger partial charge on any atom is -0.443 e. The predicted molar refractivity (Wildman–Crippen MR) is 111 cm³/mol. The van der Waals surface area contributed by atoms with Crippen LogP contribution in [0.15, 0.2) is 29.6 Å². The van der Waals surface area contributed by atoms with Crippen molar-refractivity contribution in [2.24, 2.45) is 0 Å². The highest BCUT2D eigenvalue weighted by Crippen LogP contribution is 2.22. The fraction of sp³-hybridized carbons (Fsp3) is 0.429. The summed E-state index contributed by atoms with van der Waals surface area (Å²) in [5, 5.41) is 3.08. The maximum absolute atomic E-state index is 12.4. The molecule has 0 atom stereocenters. The molecule has 1 aromatic carbocycles. The van der Waals surface area contributed by atoms with Crippen LogP contribution in [0.4, 0.5) is 10.5 Å². The second-order valence-corrected chi connectivity index (χ2v) is 8.31. The van der Waals surface area contributed by atoms with Crippen molar-refractivity contribution < 1.29 is 9.53 Å². The maximum atomic E-state index is 12.4. The highest BCUT2D eigenvalue weighted by molar-refractivity contribution is 7.10. The number of aromatic nitrogens is 1. The van der Waals surface area contributed by atoms with Crippen LogP contribution in [0.25, 0.3) is 12.2 Å². The molecule has 0 bridgehead atoms.